The van der Waals surface area contributed by atoms with E-state index in [1.54, 1.807) is 54.6 Å². The van der Waals surface area contributed by atoms with Crippen LogP contribution >= 0.6 is 11.6 Å². The normalized spacial score (nSPS) is 12.2. The van der Waals surface area contributed by atoms with Gasteiger partial charge in [0.25, 0.3) is 17.5 Å². The minimum absolute atomic E-state index is 0.0195. The van der Waals surface area contributed by atoms with Crippen molar-refractivity contribution in [1.82, 2.24) is 5.32 Å². The van der Waals surface area contributed by atoms with Crippen molar-refractivity contribution in [2.45, 2.75) is 25.5 Å². The molecule has 35 heavy (non-hydrogen) atoms. The molecule has 10 heteroatoms. The van der Waals surface area contributed by atoms with Gasteiger partial charge in [0.05, 0.1) is 28.1 Å². The highest BCUT2D eigenvalue weighted by Crippen LogP contribution is 2.27. The summed E-state index contributed by atoms with van der Waals surface area (Å²) in [6, 6.07) is 20.4. The number of nitro groups is 1. The lowest BCUT2D eigenvalue weighted by Gasteiger charge is -2.20. The van der Waals surface area contributed by atoms with E-state index in [-0.39, 0.29) is 28.7 Å². The van der Waals surface area contributed by atoms with E-state index in [1.165, 1.54) is 19.1 Å². The number of nitrogens with zero attached hydrogens (tertiary/aromatic N) is 1. The van der Waals surface area contributed by atoms with Gasteiger partial charge in [-0.05, 0) is 30.7 Å². The zero-order valence-corrected chi connectivity index (χ0v) is 19.4. The minimum Gasteiger partial charge on any atom is -0.452 e. The second kappa shape index (κ2) is 11.8. The molecule has 0 saturated heterocycles. The highest BCUT2D eigenvalue weighted by atomic mass is 35.5. The average molecular weight is 496 g/mol. The molecule has 0 aliphatic carbocycles. The number of hydrogen-bond acceptors (Lipinski definition) is 6. The molecule has 3 aromatic rings. The van der Waals surface area contributed by atoms with Crippen molar-refractivity contribution in [1.29, 1.82) is 0 Å². The van der Waals surface area contributed by atoms with E-state index in [9.17, 15) is 24.5 Å². The molecule has 0 aliphatic rings. The summed E-state index contributed by atoms with van der Waals surface area (Å²) in [4.78, 5) is 48.2. The van der Waals surface area contributed by atoms with Crippen LogP contribution in [0.25, 0.3) is 0 Å². The largest absolute Gasteiger partial charge is 0.452 e. The Bertz CT molecular complexity index is 1220. The van der Waals surface area contributed by atoms with Crippen molar-refractivity contribution in [3.05, 3.63) is 105 Å². The van der Waals surface area contributed by atoms with Gasteiger partial charge in [-0.1, -0.05) is 60.1 Å². The number of nitro benzene ring substituents is 1. The van der Waals surface area contributed by atoms with E-state index in [1.807, 2.05) is 6.07 Å². The standard InChI is InChI=1S/C25H22ClN3O6/c1-16(24(31)28-22-14-19(29(33)34)12-13-20(22)26)35-23(30)15-21(17-8-4-2-5-9-17)27-25(32)18-10-6-3-7-11-18/h2-14,16,21H,15H2,1H3,(H,27,32)(H,28,31). The molecule has 2 amide bonds. The second-order valence-electron chi connectivity index (χ2n) is 7.55. The average Bonchev–Trinajstić information content (AvgIpc) is 2.85. The Balaban J connectivity index is 1.66. The van der Waals surface area contributed by atoms with Crippen LogP contribution in [0.15, 0.2) is 78.9 Å². The van der Waals surface area contributed by atoms with Crippen LogP contribution in [-0.2, 0) is 14.3 Å². The predicted octanol–water partition coefficient (Wildman–Crippen LogP) is 4.68. The van der Waals surface area contributed by atoms with Crippen LogP contribution in [0.2, 0.25) is 5.02 Å². The molecule has 9 nitrogen and oxygen atoms in total. The number of halogens is 1. The molecular formula is C25H22ClN3O6. The van der Waals surface area contributed by atoms with Gasteiger partial charge < -0.3 is 15.4 Å². The molecule has 0 spiro atoms. The first-order valence-corrected chi connectivity index (χ1v) is 11.0. The third-order valence-electron chi connectivity index (χ3n) is 5.01. The van der Waals surface area contributed by atoms with Gasteiger partial charge in [-0.2, -0.15) is 0 Å². The van der Waals surface area contributed by atoms with E-state index < -0.39 is 28.9 Å². The van der Waals surface area contributed by atoms with E-state index in [2.05, 4.69) is 10.6 Å². The van der Waals surface area contributed by atoms with Crippen LogP contribution in [-0.4, -0.2) is 28.8 Å². The number of rotatable bonds is 9. The summed E-state index contributed by atoms with van der Waals surface area (Å²) in [5.74, 6) is -1.80. The van der Waals surface area contributed by atoms with Gasteiger partial charge >= 0.3 is 5.97 Å². The monoisotopic (exact) mass is 495 g/mol. The summed E-state index contributed by atoms with van der Waals surface area (Å²) < 4.78 is 5.26. The molecule has 3 rings (SSSR count). The van der Waals surface area contributed by atoms with Crippen molar-refractivity contribution in [2.24, 2.45) is 0 Å². The maximum atomic E-state index is 12.7. The van der Waals surface area contributed by atoms with Gasteiger partial charge in [0.2, 0.25) is 0 Å². The topological polar surface area (TPSA) is 128 Å². The number of amides is 2. The molecule has 2 atom stereocenters. The fraction of sp³-hybridized carbons (Fsp3) is 0.160. The molecular weight excluding hydrogens is 474 g/mol. The third-order valence-corrected chi connectivity index (χ3v) is 5.34. The van der Waals surface area contributed by atoms with Crippen LogP contribution < -0.4 is 10.6 Å². The van der Waals surface area contributed by atoms with Gasteiger partial charge in [0.15, 0.2) is 6.10 Å². The SMILES string of the molecule is CC(OC(=O)CC(NC(=O)c1ccccc1)c1ccccc1)C(=O)Nc1cc([N+](=O)[O-])ccc1Cl. The van der Waals surface area contributed by atoms with Gasteiger partial charge in [-0.25, -0.2) is 0 Å². The van der Waals surface area contributed by atoms with Crippen LogP contribution in [0.3, 0.4) is 0 Å². The second-order valence-corrected chi connectivity index (χ2v) is 7.96. The summed E-state index contributed by atoms with van der Waals surface area (Å²) in [5.41, 5.74) is 0.887. The smallest absolute Gasteiger partial charge is 0.309 e. The number of hydrogen-bond donors (Lipinski definition) is 2. The molecule has 0 aromatic heterocycles. The summed E-state index contributed by atoms with van der Waals surface area (Å²) in [5, 5.41) is 16.3. The molecule has 3 aromatic carbocycles. The van der Waals surface area contributed by atoms with Crippen LogP contribution in [0.5, 0.6) is 0 Å². The van der Waals surface area contributed by atoms with E-state index in [0.717, 1.165) is 6.07 Å². The maximum absolute atomic E-state index is 12.7. The van der Waals surface area contributed by atoms with E-state index in [4.69, 9.17) is 16.3 Å². The third kappa shape index (κ3) is 7.12. The Hall–Kier alpha value is -4.24. The lowest BCUT2D eigenvalue weighted by molar-refractivity contribution is -0.384. The first kappa shape index (κ1) is 25.4. The number of carbonyl (C=O) groups is 3. The lowest BCUT2D eigenvalue weighted by Crippen LogP contribution is -2.33. The molecule has 0 saturated carbocycles. The Morgan fingerprint density at radius 1 is 1.00 bits per heavy atom. The number of nitrogens with one attached hydrogen (secondary N) is 2. The Morgan fingerprint density at radius 2 is 1.63 bits per heavy atom. The van der Waals surface area contributed by atoms with E-state index >= 15 is 0 Å². The van der Waals surface area contributed by atoms with Crippen LogP contribution in [0, 0.1) is 10.1 Å². The summed E-state index contributed by atoms with van der Waals surface area (Å²) >= 11 is 6.01. The zero-order valence-electron chi connectivity index (χ0n) is 18.6. The fourth-order valence-corrected chi connectivity index (χ4v) is 3.36. The Kier molecular flexibility index (Phi) is 8.53. The Morgan fingerprint density at radius 3 is 2.26 bits per heavy atom. The molecule has 0 fully saturated rings. The molecule has 2 N–H and O–H groups in total. The Labute approximate surface area is 206 Å². The maximum Gasteiger partial charge on any atom is 0.309 e. The molecule has 0 bridgehead atoms. The van der Waals surface area contributed by atoms with Crippen molar-refractivity contribution >= 4 is 40.8 Å². The first-order chi connectivity index (χ1) is 16.7. The summed E-state index contributed by atoms with van der Waals surface area (Å²) in [6.45, 7) is 1.36. The van der Waals surface area contributed by atoms with E-state index in [0.29, 0.717) is 11.1 Å². The lowest BCUT2D eigenvalue weighted by atomic mass is 10.0. The number of benzene rings is 3. The number of esters is 1. The minimum atomic E-state index is -1.22. The fourth-order valence-electron chi connectivity index (χ4n) is 3.19. The zero-order chi connectivity index (χ0) is 25.4. The van der Waals surface area contributed by atoms with Gasteiger partial charge in [0, 0.05) is 17.7 Å². The van der Waals surface area contributed by atoms with Gasteiger partial charge in [0.1, 0.15) is 0 Å². The summed E-state index contributed by atoms with van der Waals surface area (Å²) in [7, 11) is 0. The van der Waals surface area contributed by atoms with Crippen molar-refractivity contribution in [2.75, 3.05) is 5.32 Å². The van der Waals surface area contributed by atoms with Gasteiger partial charge in [-0.15, -0.1) is 0 Å². The molecule has 180 valence electrons. The highest BCUT2D eigenvalue weighted by molar-refractivity contribution is 6.33. The van der Waals surface area contributed by atoms with Gasteiger partial charge in [-0.3, -0.25) is 24.5 Å². The number of carbonyl (C=O) groups excluding carboxylic acids is 3. The molecule has 0 heterocycles. The quantitative estimate of drug-likeness (QED) is 0.252. The highest BCUT2D eigenvalue weighted by Gasteiger charge is 2.24. The van der Waals surface area contributed by atoms with Crippen molar-refractivity contribution in [3.8, 4) is 0 Å². The predicted molar refractivity (Wildman–Crippen MR) is 130 cm³/mol. The van der Waals surface area contributed by atoms with Crippen molar-refractivity contribution in [3.63, 3.8) is 0 Å². The first-order valence-electron chi connectivity index (χ1n) is 10.6. The van der Waals surface area contributed by atoms with Crippen molar-refractivity contribution < 1.29 is 24.0 Å². The molecule has 2 unspecified atom stereocenters. The number of non-ortho nitro benzene ring substituents is 1. The number of ether oxygens (including phenoxy) is 1. The van der Waals surface area contributed by atoms with Crippen LogP contribution in [0.4, 0.5) is 11.4 Å². The summed E-state index contributed by atoms with van der Waals surface area (Å²) in [6.07, 6.45) is -1.45. The molecule has 0 aliphatic heterocycles. The molecule has 0 radical (unpaired) electrons. The van der Waals surface area contributed by atoms with Crippen LogP contribution in [0.1, 0.15) is 35.3 Å². The number of anilines is 1.